The van der Waals surface area contributed by atoms with Crippen LogP contribution in [0.25, 0.3) is 0 Å². The van der Waals surface area contributed by atoms with Gasteiger partial charge in [0.05, 0.1) is 12.7 Å². The molecule has 0 aliphatic rings. The maximum atomic E-state index is 11.6. The van der Waals surface area contributed by atoms with Gasteiger partial charge in [-0.2, -0.15) is 0 Å². The number of ether oxygens (including phenoxy) is 1. The third-order valence-corrected chi connectivity index (χ3v) is 9.45. The summed E-state index contributed by atoms with van der Waals surface area (Å²) in [6, 6.07) is 3.40. The second kappa shape index (κ2) is 8.74. The first kappa shape index (κ1) is 21.5. The van der Waals surface area contributed by atoms with E-state index in [-0.39, 0.29) is 5.04 Å². The molecule has 0 saturated carbocycles. The molecule has 0 unspecified atom stereocenters. The van der Waals surface area contributed by atoms with Gasteiger partial charge >= 0.3 is 5.97 Å². The third kappa shape index (κ3) is 5.49. The van der Waals surface area contributed by atoms with Gasteiger partial charge < -0.3 is 14.3 Å². The molecule has 0 atom stereocenters. The Hall–Kier alpha value is -1.49. The maximum Gasteiger partial charge on any atom is 0.336 e. The van der Waals surface area contributed by atoms with Crippen LogP contribution in [-0.2, 0) is 6.42 Å². The van der Waals surface area contributed by atoms with Crippen molar-refractivity contribution in [3.63, 3.8) is 0 Å². The lowest BCUT2D eigenvalue weighted by molar-refractivity contribution is 0.0695. The minimum atomic E-state index is -2.03. The summed E-state index contributed by atoms with van der Waals surface area (Å²) in [5, 5.41) is 9.61. The first-order valence-electron chi connectivity index (χ1n) is 9.17. The SMILES string of the molecule is CCCCCCc1c(C(=O)O)ccc(O[Si](C)(C)C(C)(C)C)c1OC. The van der Waals surface area contributed by atoms with Gasteiger partial charge in [-0.25, -0.2) is 4.79 Å². The van der Waals surface area contributed by atoms with Gasteiger partial charge in [0.2, 0.25) is 0 Å². The highest BCUT2D eigenvalue weighted by atomic mass is 28.4. The summed E-state index contributed by atoms with van der Waals surface area (Å²) in [7, 11) is -0.440. The van der Waals surface area contributed by atoms with E-state index >= 15 is 0 Å². The molecule has 0 saturated heterocycles. The van der Waals surface area contributed by atoms with Gasteiger partial charge in [-0.15, -0.1) is 0 Å². The second-order valence-corrected chi connectivity index (χ2v) is 12.8. The minimum Gasteiger partial charge on any atom is -0.541 e. The van der Waals surface area contributed by atoms with E-state index in [1.807, 2.05) is 0 Å². The van der Waals surface area contributed by atoms with Crippen LogP contribution in [0.1, 0.15) is 69.3 Å². The van der Waals surface area contributed by atoms with Gasteiger partial charge in [0, 0.05) is 5.56 Å². The average Bonchev–Trinajstić information content (AvgIpc) is 2.49. The zero-order chi connectivity index (χ0) is 19.3. The van der Waals surface area contributed by atoms with Gasteiger partial charge in [0.25, 0.3) is 8.32 Å². The van der Waals surface area contributed by atoms with E-state index in [4.69, 9.17) is 9.16 Å². The molecule has 0 amide bonds. The molecule has 0 aliphatic carbocycles. The lowest BCUT2D eigenvalue weighted by atomic mass is 9.99. The highest BCUT2D eigenvalue weighted by Gasteiger charge is 2.39. The maximum absolute atomic E-state index is 11.6. The number of benzene rings is 1. The van der Waals surface area contributed by atoms with E-state index in [2.05, 4.69) is 40.8 Å². The predicted molar refractivity (Wildman–Crippen MR) is 106 cm³/mol. The van der Waals surface area contributed by atoms with Crippen LogP contribution in [0.2, 0.25) is 18.1 Å². The lowest BCUT2D eigenvalue weighted by Crippen LogP contribution is -2.44. The number of hydrogen-bond donors (Lipinski definition) is 1. The van der Waals surface area contributed by atoms with Crippen molar-refractivity contribution >= 4 is 14.3 Å². The van der Waals surface area contributed by atoms with E-state index in [1.165, 1.54) is 0 Å². The Morgan fingerprint density at radius 2 is 1.80 bits per heavy atom. The normalized spacial score (nSPS) is 12.1. The van der Waals surface area contributed by atoms with Crippen LogP contribution in [0, 0.1) is 0 Å². The number of rotatable bonds is 9. The van der Waals surface area contributed by atoms with E-state index in [0.717, 1.165) is 31.2 Å². The molecule has 1 N–H and O–H groups in total. The summed E-state index contributed by atoms with van der Waals surface area (Å²) >= 11 is 0. The van der Waals surface area contributed by atoms with E-state index in [0.29, 0.717) is 23.5 Å². The highest BCUT2D eigenvalue weighted by Crippen LogP contribution is 2.42. The van der Waals surface area contributed by atoms with Gasteiger partial charge in [-0.3, -0.25) is 0 Å². The van der Waals surface area contributed by atoms with Crippen LogP contribution in [0.4, 0.5) is 0 Å². The molecule has 5 heteroatoms. The fraction of sp³-hybridized carbons (Fsp3) is 0.650. The minimum absolute atomic E-state index is 0.0603. The fourth-order valence-electron chi connectivity index (χ4n) is 2.52. The molecule has 0 aromatic heterocycles. The van der Waals surface area contributed by atoms with Crippen LogP contribution >= 0.6 is 0 Å². The van der Waals surface area contributed by atoms with E-state index in [9.17, 15) is 9.90 Å². The summed E-state index contributed by atoms with van der Waals surface area (Å²) in [6.07, 6.45) is 5.04. The molecule has 0 fully saturated rings. The number of unbranched alkanes of at least 4 members (excludes halogenated alkanes) is 3. The molecule has 0 spiro atoms. The summed E-state index contributed by atoms with van der Waals surface area (Å²) in [4.78, 5) is 11.6. The Morgan fingerprint density at radius 3 is 2.28 bits per heavy atom. The molecule has 1 rings (SSSR count). The van der Waals surface area contributed by atoms with Crippen molar-refractivity contribution in [1.29, 1.82) is 0 Å². The number of hydrogen-bond acceptors (Lipinski definition) is 3. The smallest absolute Gasteiger partial charge is 0.336 e. The van der Waals surface area contributed by atoms with E-state index in [1.54, 1.807) is 19.2 Å². The van der Waals surface area contributed by atoms with E-state index < -0.39 is 14.3 Å². The first-order valence-corrected chi connectivity index (χ1v) is 12.1. The van der Waals surface area contributed by atoms with Crippen molar-refractivity contribution in [3.8, 4) is 11.5 Å². The molecular weight excluding hydrogens is 332 g/mol. The predicted octanol–water partition coefficient (Wildman–Crippen LogP) is 5.90. The molecule has 142 valence electrons. The van der Waals surface area contributed by atoms with Crippen molar-refractivity contribution in [2.45, 2.75) is 77.9 Å². The largest absolute Gasteiger partial charge is 0.541 e. The monoisotopic (exact) mass is 366 g/mol. The van der Waals surface area contributed by atoms with Gasteiger partial charge in [0.1, 0.15) is 5.75 Å². The van der Waals surface area contributed by atoms with Crippen molar-refractivity contribution < 1.29 is 19.1 Å². The van der Waals surface area contributed by atoms with Crippen LogP contribution in [0.3, 0.4) is 0 Å². The van der Waals surface area contributed by atoms with Crippen molar-refractivity contribution in [2.75, 3.05) is 7.11 Å². The molecule has 0 bridgehead atoms. The Labute approximate surface area is 153 Å². The van der Waals surface area contributed by atoms with Gasteiger partial charge in [-0.1, -0.05) is 47.0 Å². The van der Waals surface area contributed by atoms with Crippen molar-refractivity contribution in [3.05, 3.63) is 23.3 Å². The summed E-state index contributed by atoms with van der Waals surface area (Å²) in [5.74, 6) is 0.341. The van der Waals surface area contributed by atoms with Gasteiger partial charge in [0.15, 0.2) is 5.75 Å². The number of methoxy groups -OCH3 is 1. The Bertz CT molecular complexity index is 588. The third-order valence-electron chi connectivity index (χ3n) is 5.11. The molecule has 25 heavy (non-hydrogen) atoms. The quantitative estimate of drug-likeness (QED) is 0.436. The van der Waals surface area contributed by atoms with Crippen molar-refractivity contribution in [1.82, 2.24) is 0 Å². The first-order chi connectivity index (χ1) is 11.5. The summed E-state index contributed by atoms with van der Waals surface area (Å²) in [5.41, 5.74) is 1.07. The topological polar surface area (TPSA) is 55.8 Å². The van der Waals surface area contributed by atoms with Crippen LogP contribution < -0.4 is 9.16 Å². The van der Waals surface area contributed by atoms with Crippen molar-refractivity contribution in [2.24, 2.45) is 0 Å². The Kier molecular flexibility index (Phi) is 7.54. The fourth-order valence-corrected chi connectivity index (χ4v) is 3.53. The summed E-state index contributed by atoms with van der Waals surface area (Å²) in [6.45, 7) is 13.1. The molecule has 4 nitrogen and oxygen atoms in total. The molecule has 1 aromatic carbocycles. The number of aromatic carboxylic acids is 1. The van der Waals surface area contributed by atoms with Gasteiger partial charge in [-0.05, 0) is 43.1 Å². The molecule has 0 aliphatic heterocycles. The zero-order valence-electron chi connectivity index (χ0n) is 16.9. The standard InChI is InChI=1S/C20H34O4Si/c1-8-9-10-11-12-15-16(19(21)22)13-14-17(18(15)23-5)24-25(6,7)20(2,3)4/h13-14H,8-12H2,1-7H3,(H,21,22). The molecular formula is C20H34O4Si. The number of carboxylic acids is 1. The Morgan fingerprint density at radius 1 is 1.16 bits per heavy atom. The highest BCUT2D eigenvalue weighted by molar-refractivity contribution is 6.74. The van der Waals surface area contributed by atoms with Crippen LogP contribution in [0.15, 0.2) is 12.1 Å². The Balaban J connectivity index is 3.25. The molecule has 0 radical (unpaired) electrons. The molecule has 0 heterocycles. The van der Waals surface area contributed by atoms with Crippen LogP contribution in [-0.4, -0.2) is 26.5 Å². The number of carbonyl (C=O) groups is 1. The second-order valence-electron chi connectivity index (χ2n) is 8.10. The van der Waals surface area contributed by atoms with Crippen LogP contribution in [0.5, 0.6) is 11.5 Å². The lowest BCUT2D eigenvalue weighted by Gasteiger charge is -2.37. The summed E-state index contributed by atoms with van der Waals surface area (Å²) < 4.78 is 12.0. The molecule has 1 aromatic rings. The zero-order valence-corrected chi connectivity index (χ0v) is 17.9. The average molecular weight is 367 g/mol. The number of carboxylic acid groups (broad SMARTS) is 1.